The highest BCUT2D eigenvalue weighted by Crippen LogP contribution is 2.22. The number of ether oxygens (including phenoxy) is 1. The second-order valence-corrected chi connectivity index (χ2v) is 11.3. The Morgan fingerprint density at radius 2 is 1.93 bits per heavy atom. The lowest BCUT2D eigenvalue weighted by molar-refractivity contribution is -0.125. The third-order valence-corrected chi connectivity index (χ3v) is 7.44. The lowest BCUT2D eigenvalue weighted by Crippen LogP contribution is -2.24. The number of carbonyl (C=O) groups excluding carboxylic acids is 1. The molecule has 0 fully saturated rings. The molecule has 2 aromatic rings. The maximum atomic E-state index is 13.5. The predicted octanol–water partition coefficient (Wildman–Crippen LogP) is 8.00. The van der Waals surface area contributed by atoms with Gasteiger partial charge in [-0.1, -0.05) is 50.8 Å². The number of nitrogens with zero attached hydrogens (tertiary/aromatic N) is 3. The first-order chi connectivity index (χ1) is 21.7. The van der Waals surface area contributed by atoms with E-state index in [-0.39, 0.29) is 17.6 Å². The van der Waals surface area contributed by atoms with Crippen LogP contribution in [0.1, 0.15) is 69.3 Å². The van der Waals surface area contributed by atoms with Gasteiger partial charge < -0.3 is 15.0 Å². The highest BCUT2D eigenvalue weighted by molar-refractivity contribution is 5.98. The van der Waals surface area contributed by atoms with Crippen molar-refractivity contribution in [3.63, 3.8) is 0 Å². The van der Waals surface area contributed by atoms with Crippen molar-refractivity contribution >= 4 is 23.9 Å². The molecule has 0 aromatic heterocycles. The van der Waals surface area contributed by atoms with Crippen LogP contribution in [-0.4, -0.2) is 50.0 Å². The fraction of sp³-hybridized carbons (Fsp3) is 0.378. The van der Waals surface area contributed by atoms with E-state index in [1.165, 1.54) is 24.3 Å². The summed E-state index contributed by atoms with van der Waals surface area (Å²) in [5.41, 5.74) is 4.52. The van der Waals surface area contributed by atoms with Crippen LogP contribution >= 0.6 is 0 Å². The van der Waals surface area contributed by atoms with E-state index in [1.807, 2.05) is 55.9 Å². The van der Waals surface area contributed by atoms with Gasteiger partial charge in [0.15, 0.2) is 0 Å². The van der Waals surface area contributed by atoms with Crippen molar-refractivity contribution in [3.05, 3.63) is 113 Å². The van der Waals surface area contributed by atoms with Crippen LogP contribution in [0.3, 0.4) is 0 Å². The smallest absolute Gasteiger partial charge is 0.246 e. The topological polar surface area (TPSA) is 66.3 Å². The van der Waals surface area contributed by atoms with E-state index in [0.717, 1.165) is 73.8 Å². The van der Waals surface area contributed by atoms with Gasteiger partial charge in [0.05, 0.1) is 0 Å². The van der Waals surface area contributed by atoms with Gasteiger partial charge in [-0.3, -0.25) is 14.8 Å². The monoisotopic (exact) mass is 616 g/mol. The first-order valence-corrected chi connectivity index (χ1v) is 15.6. The molecule has 0 spiro atoms. The summed E-state index contributed by atoms with van der Waals surface area (Å²) in [4.78, 5) is 23.7. The average molecular weight is 617 g/mol. The van der Waals surface area contributed by atoms with E-state index in [4.69, 9.17) is 9.73 Å². The maximum Gasteiger partial charge on any atom is 0.246 e. The summed E-state index contributed by atoms with van der Waals surface area (Å²) in [5, 5.41) is 3.38. The Balaban J connectivity index is 1.48. The zero-order valence-electron chi connectivity index (χ0n) is 26.9. The van der Waals surface area contributed by atoms with Crippen LogP contribution in [-0.2, 0) is 16.1 Å². The molecule has 0 radical (unpaired) electrons. The second-order valence-electron chi connectivity index (χ2n) is 11.3. The van der Waals surface area contributed by atoms with Crippen molar-refractivity contribution in [3.8, 4) is 0 Å². The van der Waals surface area contributed by atoms with E-state index in [9.17, 15) is 13.6 Å². The quantitative estimate of drug-likeness (QED) is 0.0848. The van der Waals surface area contributed by atoms with Gasteiger partial charge >= 0.3 is 0 Å². The van der Waals surface area contributed by atoms with Crippen molar-refractivity contribution in [2.75, 3.05) is 26.8 Å². The minimum Gasteiger partial charge on any atom is -0.381 e. The SMILES string of the molecule is C=C(/C=C\C(=O)N(C)Cc1cccc(C2N=CC(/C(C=NCCC[C@H](C)CCOCCC)=C/C)=CN2)c1)c1cc(F)cc(F)c1. The van der Waals surface area contributed by atoms with Crippen LogP contribution in [0, 0.1) is 17.6 Å². The summed E-state index contributed by atoms with van der Waals surface area (Å²) in [5.74, 6) is -1.01. The molecule has 1 N–H and O–H groups in total. The largest absolute Gasteiger partial charge is 0.381 e. The summed E-state index contributed by atoms with van der Waals surface area (Å²) in [6.45, 7) is 13.1. The van der Waals surface area contributed by atoms with Crippen LogP contribution in [0.25, 0.3) is 5.57 Å². The molecule has 0 aliphatic carbocycles. The number of aliphatic imine (C=N–C) groups is 2. The number of allylic oxidation sites excluding steroid dienone is 5. The van der Waals surface area contributed by atoms with Crippen LogP contribution in [0.15, 0.2) is 94.6 Å². The Hall–Kier alpha value is -4.17. The van der Waals surface area contributed by atoms with Crippen LogP contribution in [0.5, 0.6) is 0 Å². The lowest BCUT2D eigenvalue weighted by Gasteiger charge is -2.21. The number of carbonyl (C=O) groups is 1. The molecule has 0 saturated heterocycles. The molecule has 1 unspecified atom stereocenters. The number of hydrogen-bond donors (Lipinski definition) is 1. The molecule has 1 aliphatic heterocycles. The minimum atomic E-state index is -0.696. The van der Waals surface area contributed by atoms with E-state index >= 15 is 0 Å². The Kier molecular flexibility index (Phi) is 14.6. The van der Waals surface area contributed by atoms with E-state index in [0.29, 0.717) is 18.0 Å². The first kappa shape index (κ1) is 35.3. The number of rotatable bonds is 17. The van der Waals surface area contributed by atoms with Crippen LogP contribution in [0.2, 0.25) is 0 Å². The summed E-state index contributed by atoms with van der Waals surface area (Å²) >= 11 is 0. The van der Waals surface area contributed by atoms with Gasteiger partial charge in [0, 0.05) is 69.7 Å². The predicted molar refractivity (Wildman–Crippen MR) is 181 cm³/mol. The molecule has 240 valence electrons. The summed E-state index contributed by atoms with van der Waals surface area (Å²) < 4.78 is 32.6. The Labute approximate surface area is 267 Å². The summed E-state index contributed by atoms with van der Waals surface area (Å²) in [6.07, 6.45) is 14.7. The molecule has 1 heterocycles. The molecular formula is C37H46F2N4O2. The van der Waals surface area contributed by atoms with Gasteiger partial charge in [-0.2, -0.15) is 0 Å². The van der Waals surface area contributed by atoms with Crippen LogP contribution in [0.4, 0.5) is 8.78 Å². The number of nitrogens with one attached hydrogen (secondary N) is 1. The number of amides is 1. The second kappa shape index (κ2) is 18.6. The van der Waals surface area contributed by atoms with Crippen molar-refractivity contribution in [2.24, 2.45) is 15.9 Å². The van der Waals surface area contributed by atoms with E-state index < -0.39 is 11.6 Å². The molecule has 3 rings (SSSR count). The number of benzene rings is 2. The van der Waals surface area contributed by atoms with Gasteiger partial charge in [-0.05, 0) is 84.6 Å². The maximum absolute atomic E-state index is 13.5. The molecule has 6 nitrogen and oxygen atoms in total. The first-order valence-electron chi connectivity index (χ1n) is 15.6. The molecule has 2 atom stereocenters. The number of hydrogen-bond acceptors (Lipinski definition) is 5. The van der Waals surface area contributed by atoms with Crippen molar-refractivity contribution < 1.29 is 18.3 Å². The normalized spacial score (nSPS) is 15.7. The molecule has 8 heteroatoms. The summed E-state index contributed by atoms with van der Waals surface area (Å²) in [6, 6.07) is 11.1. The lowest BCUT2D eigenvalue weighted by atomic mass is 10.0. The minimum absolute atomic E-state index is 0.248. The molecular weight excluding hydrogens is 570 g/mol. The average Bonchev–Trinajstić information content (AvgIpc) is 3.03. The van der Waals surface area contributed by atoms with Gasteiger partial charge in [0.25, 0.3) is 0 Å². The fourth-order valence-electron chi connectivity index (χ4n) is 4.78. The Bertz CT molecular complexity index is 1420. The van der Waals surface area contributed by atoms with Gasteiger partial charge in [-0.25, -0.2) is 8.78 Å². The molecule has 0 bridgehead atoms. The highest BCUT2D eigenvalue weighted by Gasteiger charge is 2.15. The van der Waals surface area contributed by atoms with Gasteiger partial charge in [0.2, 0.25) is 5.91 Å². The Morgan fingerprint density at radius 1 is 1.16 bits per heavy atom. The van der Waals surface area contributed by atoms with Crippen LogP contribution < -0.4 is 5.32 Å². The highest BCUT2D eigenvalue weighted by atomic mass is 19.1. The van der Waals surface area contributed by atoms with Crippen molar-refractivity contribution in [2.45, 2.75) is 59.2 Å². The van der Waals surface area contributed by atoms with E-state index in [2.05, 4.69) is 30.7 Å². The fourth-order valence-corrected chi connectivity index (χ4v) is 4.78. The molecule has 2 aromatic carbocycles. The summed E-state index contributed by atoms with van der Waals surface area (Å²) in [7, 11) is 1.69. The number of halogens is 2. The molecule has 0 saturated carbocycles. The van der Waals surface area contributed by atoms with Crippen molar-refractivity contribution in [1.29, 1.82) is 0 Å². The van der Waals surface area contributed by atoms with Gasteiger partial charge in [-0.15, -0.1) is 0 Å². The zero-order chi connectivity index (χ0) is 32.6. The van der Waals surface area contributed by atoms with Gasteiger partial charge in [0.1, 0.15) is 17.8 Å². The van der Waals surface area contributed by atoms with E-state index in [1.54, 1.807) is 11.9 Å². The zero-order valence-corrected chi connectivity index (χ0v) is 26.9. The standard InChI is InChI=1S/C37H46F2N4O2/c1-6-17-45-18-15-27(3)10-9-16-40-23-30(7-2)33-24-41-37(42-25-33)31-12-8-11-29(19-31)26-43(5)36(44)14-13-28(4)32-20-34(38)22-35(39)21-32/h7-8,11-14,19-25,27,37,41H,4,6,9-10,15-18,26H2,1-3,5H3/b14-13-,30-7+,40-23?/t27-,37?/m0/s1. The Morgan fingerprint density at radius 3 is 2.62 bits per heavy atom. The number of likely N-dealkylation sites (N-methyl/N-ethyl adjacent to an activating group) is 1. The molecule has 1 amide bonds. The molecule has 45 heavy (non-hydrogen) atoms. The molecule has 1 aliphatic rings. The third kappa shape index (κ3) is 12.0. The van der Waals surface area contributed by atoms with Crippen molar-refractivity contribution in [1.82, 2.24) is 10.2 Å². The third-order valence-electron chi connectivity index (χ3n) is 7.44.